The zero-order chi connectivity index (χ0) is 29.8. The number of carbonyl (C=O) groups is 2. The summed E-state index contributed by atoms with van der Waals surface area (Å²) in [6, 6.07) is 30.6. The van der Waals surface area contributed by atoms with Crippen LogP contribution in [-0.2, 0) is 4.79 Å². The van der Waals surface area contributed by atoms with Gasteiger partial charge in [-0.25, -0.2) is 10.4 Å². The van der Waals surface area contributed by atoms with Crippen molar-refractivity contribution in [1.29, 1.82) is 0 Å². The van der Waals surface area contributed by atoms with Crippen LogP contribution in [0.2, 0.25) is 5.02 Å². The summed E-state index contributed by atoms with van der Waals surface area (Å²) in [6.45, 7) is 1.77. The number of fused-ring (bicyclic) bond motifs is 1. The van der Waals surface area contributed by atoms with E-state index in [0.717, 1.165) is 16.5 Å². The summed E-state index contributed by atoms with van der Waals surface area (Å²) < 4.78 is 0. The molecule has 5 aromatic rings. The Kier molecular flexibility index (Phi) is 7.71. The van der Waals surface area contributed by atoms with Crippen LogP contribution in [0.25, 0.3) is 17.0 Å². The second-order valence-corrected chi connectivity index (χ2v) is 10.0. The van der Waals surface area contributed by atoms with Crippen LogP contribution in [0.1, 0.15) is 28.4 Å². The molecule has 1 aliphatic heterocycles. The molecule has 0 aliphatic carbocycles. The number of benzene rings is 4. The molecule has 0 spiro atoms. The number of nitrogens with one attached hydrogen (secondary N) is 2. The standard InChI is InChI=1S/C33H24ClN7O2/c1-21-36-30(19-24-20-35-29-10-6-5-9-28(24)29)33(43)41(21)27-17-11-23(12-18-27)32(42)40-39-31(22-7-3-2-4-8-22)38-37-26-15-13-25(34)14-16-26/h2-20,35H,1H3,(H,40,42)/b30-19+,38-37?,39-31-. The number of azo groups is 1. The lowest BCUT2D eigenvalue weighted by molar-refractivity contribution is -0.113. The van der Waals surface area contributed by atoms with E-state index in [4.69, 9.17) is 11.6 Å². The molecule has 210 valence electrons. The van der Waals surface area contributed by atoms with Gasteiger partial charge in [-0.05, 0) is 67.6 Å². The maximum absolute atomic E-state index is 13.3. The van der Waals surface area contributed by atoms with E-state index in [1.807, 2.05) is 60.8 Å². The van der Waals surface area contributed by atoms with Crippen LogP contribution in [0.5, 0.6) is 0 Å². The molecule has 0 atom stereocenters. The van der Waals surface area contributed by atoms with Gasteiger partial charge in [-0.3, -0.25) is 14.5 Å². The molecule has 0 radical (unpaired) electrons. The second kappa shape index (κ2) is 12.1. The first-order valence-electron chi connectivity index (χ1n) is 13.3. The third-order valence-corrected chi connectivity index (χ3v) is 6.96. The molecule has 2 amide bonds. The van der Waals surface area contributed by atoms with Crippen molar-refractivity contribution in [3.8, 4) is 0 Å². The summed E-state index contributed by atoms with van der Waals surface area (Å²) in [5.74, 6) is 0.0730. The van der Waals surface area contributed by atoms with Crippen LogP contribution in [0, 0.1) is 0 Å². The number of para-hydroxylation sites is 1. The lowest BCUT2D eigenvalue weighted by atomic mass is 10.1. The molecule has 0 saturated carbocycles. The first kappa shape index (κ1) is 27.5. The Morgan fingerprint density at radius 1 is 0.907 bits per heavy atom. The van der Waals surface area contributed by atoms with Crippen molar-refractivity contribution in [3.05, 3.63) is 137 Å². The minimum atomic E-state index is -0.445. The quantitative estimate of drug-likeness (QED) is 0.0706. The zero-order valence-corrected chi connectivity index (χ0v) is 23.7. The normalized spacial score (nSPS) is 14.6. The molecule has 6 rings (SSSR count). The van der Waals surface area contributed by atoms with Crippen molar-refractivity contribution in [2.75, 3.05) is 4.90 Å². The van der Waals surface area contributed by atoms with Gasteiger partial charge in [-0.1, -0.05) is 60.1 Å². The SMILES string of the molecule is CC1=N/C(=C/c2c[nH]c3ccccc23)C(=O)N1c1ccc(C(=O)N/N=C(\N=Nc2ccc(Cl)cc2)c2ccccc2)cc1. The van der Waals surface area contributed by atoms with Gasteiger partial charge in [0.1, 0.15) is 11.5 Å². The molecule has 9 nitrogen and oxygen atoms in total. The Hall–Kier alpha value is -5.67. The van der Waals surface area contributed by atoms with E-state index < -0.39 is 5.91 Å². The first-order valence-corrected chi connectivity index (χ1v) is 13.7. The lowest BCUT2D eigenvalue weighted by Gasteiger charge is -2.16. The Morgan fingerprint density at radius 3 is 2.40 bits per heavy atom. The van der Waals surface area contributed by atoms with Crippen LogP contribution in [0.4, 0.5) is 11.4 Å². The largest absolute Gasteiger partial charge is 0.361 e. The van der Waals surface area contributed by atoms with E-state index in [9.17, 15) is 9.59 Å². The number of carbonyl (C=O) groups excluding carboxylic acids is 2. The number of aromatic nitrogens is 1. The van der Waals surface area contributed by atoms with Gasteiger partial charge in [-0.2, -0.15) is 0 Å². The summed E-state index contributed by atoms with van der Waals surface area (Å²) in [6.07, 6.45) is 3.63. The number of hydrazone groups is 1. The molecule has 1 aliphatic rings. The van der Waals surface area contributed by atoms with E-state index in [2.05, 4.69) is 30.7 Å². The number of aromatic amines is 1. The highest BCUT2D eigenvalue weighted by molar-refractivity contribution is 6.30. The highest BCUT2D eigenvalue weighted by atomic mass is 35.5. The number of aliphatic imine (C=N–C) groups is 1. The first-order chi connectivity index (χ1) is 21.0. The number of amidine groups is 2. The van der Waals surface area contributed by atoms with Gasteiger partial charge in [0.15, 0.2) is 0 Å². The Morgan fingerprint density at radius 2 is 1.63 bits per heavy atom. The Bertz CT molecular complexity index is 1940. The zero-order valence-electron chi connectivity index (χ0n) is 22.9. The second-order valence-electron chi connectivity index (χ2n) is 9.58. The summed E-state index contributed by atoms with van der Waals surface area (Å²) in [7, 11) is 0. The average molecular weight is 586 g/mol. The van der Waals surface area contributed by atoms with Crippen molar-refractivity contribution >= 4 is 63.4 Å². The number of H-pyrrole nitrogens is 1. The molecule has 0 unspecified atom stereocenters. The highest BCUT2D eigenvalue weighted by Crippen LogP contribution is 2.27. The number of halogens is 1. The smallest absolute Gasteiger partial charge is 0.282 e. The molecule has 43 heavy (non-hydrogen) atoms. The van der Waals surface area contributed by atoms with E-state index in [1.165, 1.54) is 4.90 Å². The van der Waals surface area contributed by atoms with Crippen molar-refractivity contribution < 1.29 is 9.59 Å². The molecule has 0 saturated heterocycles. The lowest BCUT2D eigenvalue weighted by Crippen LogP contribution is -2.30. The molecule has 4 aromatic carbocycles. The fourth-order valence-corrected chi connectivity index (χ4v) is 4.69. The van der Waals surface area contributed by atoms with Crippen LogP contribution in [-0.4, -0.2) is 28.5 Å². The fraction of sp³-hybridized carbons (Fsp3) is 0.0303. The number of hydrogen-bond acceptors (Lipinski definition) is 5. The van der Waals surface area contributed by atoms with Crippen molar-refractivity contribution in [3.63, 3.8) is 0 Å². The number of amides is 2. The van der Waals surface area contributed by atoms with E-state index in [-0.39, 0.29) is 11.7 Å². The molecule has 2 heterocycles. The van der Waals surface area contributed by atoms with Crippen LogP contribution in [0.15, 0.2) is 135 Å². The number of rotatable bonds is 6. The fourth-order valence-electron chi connectivity index (χ4n) is 4.57. The minimum Gasteiger partial charge on any atom is -0.361 e. The topological polar surface area (TPSA) is 115 Å². The third kappa shape index (κ3) is 6.02. The summed E-state index contributed by atoms with van der Waals surface area (Å²) in [4.78, 5) is 35.5. The maximum Gasteiger partial charge on any atom is 0.282 e. The van der Waals surface area contributed by atoms with Gasteiger partial charge in [0, 0.05) is 38.8 Å². The summed E-state index contributed by atoms with van der Waals surface area (Å²) in [5.41, 5.74) is 6.96. The van der Waals surface area contributed by atoms with Gasteiger partial charge >= 0.3 is 0 Å². The van der Waals surface area contributed by atoms with Gasteiger partial charge in [-0.15, -0.1) is 15.3 Å². The van der Waals surface area contributed by atoms with Crippen molar-refractivity contribution in [2.45, 2.75) is 6.92 Å². The molecule has 1 aromatic heterocycles. The van der Waals surface area contributed by atoms with Crippen molar-refractivity contribution in [2.24, 2.45) is 20.3 Å². The van der Waals surface area contributed by atoms with Gasteiger partial charge in [0.25, 0.3) is 11.8 Å². The molecule has 2 N–H and O–H groups in total. The molecular formula is C33H24ClN7O2. The monoisotopic (exact) mass is 585 g/mol. The predicted molar refractivity (Wildman–Crippen MR) is 170 cm³/mol. The minimum absolute atomic E-state index is 0.226. The van der Waals surface area contributed by atoms with E-state index >= 15 is 0 Å². The average Bonchev–Trinajstić information content (AvgIpc) is 3.57. The van der Waals surface area contributed by atoms with Gasteiger partial charge < -0.3 is 4.98 Å². The number of anilines is 1. The van der Waals surface area contributed by atoms with Crippen molar-refractivity contribution in [1.82, 2.24) is 10.4 Å². The van der Waals surface area contributed by atoms with Crippen LogP contribution >= 0.6 is 11.6 Å². The highest BCUT2D eigenvalue weighted by Gasteiger charge is 2.29. The summed E-state index contributed by atoms with van der Waals surface area (Å²) in [5, 5.41) is 14.3. The third-order valence-electron chi connectivity index (χ3n) is 6.71. The number of hydrogen-bond donors (Lipinski definition) is 2. The number of nitrogens with zero attached hydrogens (tertiary/aromatic N) is 5. The Labute approximate surface area is 251 Å². The molecule has 10 heteroatoms. The maximum atomic E-state index is 13.3. The van der Waals surface area contributed by atoms with E-state index in [1.54, 1.807) is 61.5 Å². The molecule has 0 bridgehead atoms. The summed E-state index contributed by atoms with van der Waals surface area (Å²) >= 11 is 5.95. The molecular weight excluding hydrogens is 562 g/mol. The van der Waals surface area contributed by atoms with E-state index in [0.29, 0.717) is 39.1 Å². The van der Waals surface area contributed by atoms with Crippen LogP contribution < -0.4 is 10.3 Å². The van der Waals surface area contributed by atoms with Gasteiger partial charge in [0.2, 0.25) is 5.84 Å². The predicted octanol–water partition coefficient (Wildman–Crippen LogP) is 7.50. The molecule has 0 fully saturated rings. The van der Waals surface area contributed by atoms with Gasteiger partial charge in [0.05, 0.1) is 11.4 Å². The Balaban J connectivity index is 1.18. The van der Waals surface area contributed by atoms with Crippen LogP contribution in [0.3, 0.4) is 0 Å².